The summed E-state index contributed by atoms with van der Waals surface area (Å²) >= 11 is 0. The van der Waals surface area contributed by atoms with E-state index in [1.165, 1.54) is 6.26 Å². The van der Waals surface area contributed by atoms with E-state index in [1.807, 2.05) is 26.8 Å². The molecule has 0 aromatic heterocycles. The molecule has 1 rings (SSSR count). The number of phenols is 1. The van der Waals surface area contributed by atoms with Crippen LogP contribution in [-0.2, 0) is 21.7 Å². The van der Waals surface area contributed by atoms with Gasteiger partial charge in [0.25, 0.3) is 0 Å². The molecule has 0 aliphatic carbocycles. The first-order valence-corrected chi connectivity index (χ1v) is 8.31. The van der Waals surface area contributed by atoms with Crippen LogP contribution in [0.4, 0.5) is 0 Å². The molecular weight excluding hydrogens is 262 g/mol. The van der Waals surface area contributed by atoms with E-state index in [0.29, 0.717) is 6.42 Å². The minimum Gasteiger partial charge on any atom is -0.508 e. The zero-order chi connectivity index (χ0) is 14.8. The Morgan fingerprint density at radius 1 is 1.32 bits per heavy atom. The molecule has 3 N–H and O–H groups in total. The molecule has 0 fully saturated rings. The van der Waals surface area contributed by atoms with Crippen LogP contribution < -0.4 is 5.73 Å². The van der Waals surface area contributed by atoms with Crippen LogP contribution in [0.1, 0.15) is 31.9 Å². The van der Waals surface area contributed by atoms with Gasteiger partial charge in [0.05, 0.1) is 5.75 Å². The van der Waals surface area contributed by atoms with Crippen LogP contribution in [-0.4, -0.2) is 31.6 Å². The molecule has 1 unspecified atom stereocenters. The Hall–Kier alpha value is -1.07. The minimum absolute atomic E-state index is 0.0290. The van der Waals surface area contributed by atoms with Gasteiger partial charge in [-0.15, -0.1) is 0 Å². The summed E-state index contributed by atoms with van der Waals surface area (Å²) in [5.41, 5.74) is 7.47. The minimum atomic E-state index is -3.06. The maximum atomic E-state index is 11.2. The Morgan fingerprint density at radius 2 is 1.89 bits per heavy atom. The van der Waals surface area contributed by atoms with Gasteiger partial charge in [-0.05, 0) is 29.0 Å². The summed E-state index contributed by atoms with van der Waals surface area (Å²) in [5, 5.41) is 9.86. The Bertz CT molecular complexity index is 544. The second-order valence-corrected chi connectivity index (χ2v) is 8.34. The summed E-state index contributed by atoms with van der Waals surface area (Å²) in [6.45, 7) is 6.05. The quantitative estimate of drug-likeness (QED) is 0.880. The lowest BCUT2D eigenvalue weighted by atomic mass is 9.85. The molecule has 0 saturated carbocycles. The Morgan fingerprint density at radius 3 is 2.37 bits per heavy atom. The van der Waals surface area contributed by atoms with Crippen molar-refractivity contribution in [3.8, 4) is 5.75 Å². The summed E-state index contributed by atoms with van der Waals surface area (Å²) in [6.07, 6.45) is 1.67. The standard InChI is InChI=1S/C14H23NO3S/c1-14(2,3)12-8-10(5-6-13(12)16)7-11(15)9-19(4,17)18/h5-6,8,11,16H,7,9,15H2,1-4H3. The molecule has 19 heavy (non-hydrogen) atoms. The van der Waals surface area contributed by atoms with E-state index < -0.39 is 15.9 Å². The highest BCUT2D eigenvalue weighted by Crippen LogP contribution is 2.31. The highest BCUT2D eigenvalue weighted by Gasteiger charge is 2.19. The predicted octanol–water partition coefficient (Wildman–Crippen LogP) is 1.60. The third-order valence-corrected chi connectivity index (χ3v) is 3.92. The van der Waals surface area contributed by atoms with Gasteiger partial charge in [-0.1, -0.05) is 32.9 Å². The molecule has 4 nitrogen and oxygen atoms in total. The lowest BCUT2D eigenvalue weighted by Crippen LogP contribution is -2.31. The molecule has 108 valence electrons. The summed E-state index contributed by atoms with van der Waals surface area (Å²) < 4.78 is 22.4. The smallest absolute Gasteiger partial charge is 0.148 e. The molecular formula is C14H23NO3S. The van der Waals surface area contributed by atoms with Crippen LogP contribution in [0.15, 0.2) is 18.2 Å². The Balaban J connectivity index is 2.92. The fourth-order valence-electron chi connectivity index (χ4n) is 2.06. The average Bonchev–Trinajstić information content (AvgIpc) is 2.16. The molecule has 1 aromatic carbocycles. The molecule has 0 spiro atoms. The van der Waals surface area contributed by atoms with Crippen LogP contribution in [0, 0.1) is 0 Å². The zero-order valence-electron chi connectivity index (χ0n) is 12.0. The van der Waals surface area contributed by atoms with Gasteiger partial charge in [-0.25, -0.2) is 8.42 Å². The van der Waals surface area contributed by atoms with Gasteiger partial charge in [-0.2, -0.15) is 0 Å². The summed E-state index contributed by atoms with van der Waals surface area (Å²) in [4.78, 5) is 0. The molecule has 0 saturated heterocycles. The van der Waals surface area contributed by atoms with Gasteiger partial charge in [0.2, 0.25) is 0 Å². The normalized spacial score (nSPS) is 14.4. The van der Waals surface area contributed by atoms with Crippen molar-refractivity contribution in [2.24, 2.45) is 5.73 Å². The van der Waals surface area contributed by atoms with Gasteiger partial charge < -0.3 is 10.8 Å². The van der Waals surface area contributed by atoms with Gasteiger partial charge in [0.15, 0.2) is 0 Å². The van der Waals surface area contributed by atoms with E-state index in [4.69, 9.17) is 5.73 Å². The first kappa shape index (κ1) is 16.0. The van der Waals surface area contributed by atoms with Gasteiger partial charge >= 0.3 is 0 Å². The van der Waals surface area contributed by atoms with E-state index in [9.17, 15) is 13.5 Å². The second-order valence-electron chi connectivity index (χ2n) is 6.16. The van der Waals surface area contributed by atoms with Crippen LogP contribution in [0.3, 0.4) is 0 Å². The number of benzene rings is 1. The Kier molecular flexibility index (Phi) is 4.63. The third-order valence-electron chi connectivity index (χ3n) is 2.88. The number of hydrogen-bond donors (Lipinski definition) is 2. The topological polar surface area (TPSA) is 80.4 Å². The molecule has 0 radical (unpaired) electrons. The van der Waals surface area contributed by atoms with Gasteiger partial charge in [-0.3, -0.25) is 0 Å². The lowest BCUT2D eigenvalue weighted by Gasteiger charge is -2.22. The van der Waals surface area contributed by atoms with Crippen molar-refractivity contribution < 1.29 is 13.5 Å². The molecule has 1 atom stereocenters. The van der Waals surface area contributed by atoms with Crippen LogP contribution in [0.5, 0.6) is 5.75 Å². The van der Waals surface area contributed by atoms with Crippen molar-refractivity contribution in [3.05, 3.63) is 29.3 Å². The van der Waals surface area contributed by atoms with E-state index in [0.717, 1.165) is 11.1 Å². The largest absolute Gasteiger partial charge is 0.508 e. The van der Waals surface area contributed by atoms with Crippen molar-refractivity contribution in [2.45, 2.75) is 38.6 Å². The highest BCUT2D eigenvalue weighted by molar-refractivity contribution is 7.90. The number of sulfone groups is 1. The summed E-state index contributed by atoms with van der Waals surface area (Å²) in [5.74, 6) is 0.228. The maximum Gasteiger partial charge on any atom is 0.148 e. The first-order valence-electron chi connectivity index (χ1n) is 6.25. The third kappa shape index (κ3) is 5.20. The van der Waals surface area contributed by atoms with Crippen molar-refractivity contribution in [1.82, 2.24) is 0 Å². The maximum absolute atomic E-state index is 11.2. The summed E-state index contributed by atoms with van der Waals surface area (Å²) in [7, 11) is -3.06. The van der Waals surface area contributed by atoms with Gasteiger partial charge in [0.1, 0.15) is 15.6 Å². The monoisotopic (exact) mass is 285 g/mol. The molecule has 0 heterocycles. The molecule has 0 aliphatic heterocycles. The number of rotatable bonds is 4. The van der Waals surface area contributed by atoms with Crippen LogP contribution >= 0.6 is 0 Å². The van der Waals surface area contributed by atoms with Crippen molar-refractivity contribution in [2.75, 3.05) is 12.0 Å². The first-order chi connectivity index (χ1) is 8.49. The second kappa shape index (κ2) is 5.51. The van der Waals surface area contributed by atoms with E-state index in [2.05, 4.69) is 0 Å². The van der Waals surface area contributed by atoms with Crippen LogP contribution in [0.2, 0.25) is 0 Å². The number of aromatic hydroxyl groups is 1. The fourth-order valence-corrected chi connectivity index (χ4v) is 2.96. The highest BCUT2D eigenvalue weighted by atomic mass is 32.2. The average molecular weight is 285 g/mol. The molecule has 0 bridgehead atoms. The molecule has 5 heteroatoms. The Labute approximate surface area is 115 Å². The molecule has 0 aliphatic rings. The SMILES string of the molecule is CC(C)(C)c1cc(CC(N)CS(C)(=O)=O)ccc1O. The predicted molar refractivity (Wildman–Crippen MR) is 78.2 cm³/mol. The molecule has 0 amide bonds. The van der Waals surface area contributed by atoms with E-state index in [1.54, 1.807) is 12.1 Å². The van der Waals surface area contributed by atoms with Crippen molar-refractivity contribution in [1.29, 1.82) is 0 Å². The number of hydrogen-bond acceptors (Lipinski definition) is 4. The van der Waals surface area contributed by atoms with Crippen LogP contribution in [0.25, 0.3) is 0 Å². The van der Waals surface area contributed by atoms with E-state index >= 15 is 0 Å². The fraction of sp³-hybridized carbons (Fsp3) is 0.571. The van der Waals surface area contributed by atoms with Crippen molar-refractivity contribution >= 4 is 9.84 Å². The molecule has 1 aromatic rings. The lowest BCUT2D eigenvalue weighted by molar-refractivity contribution is 0.446. The van der Waals surface area contributed by atoms with Crippen molar-refractivity contribution in [3.63, 3.8) is 0 Å². The van der Waals surface area contributed by atoms with E-state index in [-0.39, 0.29) is 16.9 Å². The summed E-state index contributed by atoms with van der Waals surface area (Å²) in [6, 6.07) is 4.90. The zero-order valence-corrected chi connectivity index (χ0v) is 12.8. The number of phenolic OH excluding ortho intramolecular Hbond substituents is 1. The number of nitrogens with two attached hydrogens (primary N) is 1. The van der Waals surface area contributed by atoms with Gasteiger partial charge in [0, 0.05) is 12.3 Å².